The molecule has 0 aliphatic carbocycles. The van der Waals surface area contributed by atoms with Gasteiger partial charge in [-0.2, -0.15) is 0 Å². The molecule has 132 valence electrons. The first kappa shape index (κ1) is 16.3. The molecule has 1 aliphatic heterocycles. The predicted molar refractivity (Wildman–Crippen MR) is 114 cm³/mol. The molecule has 0 saturated carbocycles. The van der Waals surface area contributed by atoms with Gasteiger partial charge in [-0.25, -0.2) is 0 Å². The van der Waals surface area contributed by atoms with Gasteiger partial charge < -0.3 is 9.47 Å². The van der Waals surface area contributed by atoms with Gasteiger partial charge in [-0.05, 0) is 50.7 Å². The van der Waals surface area contributed by atoms with Crippen LogP contribution in [0.15, 0.2) is 41.1 Å². The molecule has 5 rings (SSSR count). The molecule has 0 saturated heterocycles. The van der Waals surface area contributed by atoms with Gasteiger partial charge in [-0.3, -0.25) is 0 Å². The van der Waals surface area contributed by atoms with Crippen molar-refractivity contribution in [3.63, 3.8) is 0 Å². The van der Waals surface area contributed by atoms with Gasteiger partial charge in [0.1, 0.15) is 0 Å². The minimum Gasteiger partial charge on any atom is -0.312 e. The maximum Gasteiger partial charge on any atom is 0.0652 e. The van der Waals surface area contributed by atoms with Crippen LogP contribution in [0.5, 0.6) is 0 Å². The Balaban J connectivity index is 1.80. The molecule has 4 heteroatoms. The molecular weight excluding hydrogens is 356 g/mol. The van der Waals surface area contributed by atoms with Gasteiger partial charge in [0.15, 0.2) is 0 Å². The lowest BCUT2D eigenvalue weighted by molar-refractivity contribution is 0.311. The van der Waals surface area contributed by atoms with Gasteiger partial charge in [0, 0.05) is 56.7 Å². The minimum atomic E-state index is 1.04. The van der Waals surface area contributed by atoms with Gasteiger partial charge >= 0.3 is 0 Å². The summed E-state index contributed by atoms with van der Waals surface area (Å²) >= 11 is 3.69. The van der Waals surface area contributed by atoms with Crippen LogP contribution < -0.4 is 0 Å². The van der Waals surface area contributed by atoms with Crippen molar-refractivity contribution in [3.05, 3.63) is 62.8 Å². The van der Waals surface area contributed by atoms with Crippen LogP contribution in [0.1, 0.15) is 21.7 Å². The minimum absolute atomic E-state index is 1.04. The first-order chi connectivity index (χ1) is 12.6. The molecule has 0 bridgehead atoms. The Morgan fingerprint density at radius 2 is 1.92 bits per heavy atom. The molecule has 0 atom stereocenters. The molecule has 4 heterocycles. The number of fused-ring (bicyclic) bond motifs is 3. The van der Waals surface area contributed by atoms with Crippen LogP contribution >= 0.6 is 22.7 Å². The quantitative estimate of drug-likeness (QED) is 0.414. The highest BCUT2D eigenvalue weighted by Gasteiger charge is 2.24. The summed E-state index contributed by atoms with van der Waals surface area (Å²) in [6, 6.07) is 11.4. The highest BCUT2D eigenvalue weighted by molar-refractivity contribution is 7.16. The molecule has 0 radical (unpaired) electrons. The van der Waals surface area contributed by atoms with Gasteiger partial charge in [0.25, 0.3) is 0 Å². The SMILES string of the molecule is Cc1ccc2c(c1)c1c(n2-c2cscc2-c2ccc(C)s2)CCN(C)C1. The van der Waals surface area contributed by atoms with Crippen molar-refractivity contribution in [2.75, 3.05) is 13.6 Å². The predicted octanol–water partition coefficient (Wildman–Crippen LogP) is 6.03. The molecule has 0 fully saturated rings. The molecule has 1 aliphatic rings. The standard InChI is InChI=1S/C22H22N2S2/c1-14-4-6-19-16(10-14)17-11-23(3)9-8-20(17)24(19)21-13-25-12-18(21)22-7-5-15(2)26-22/h4-7,10,12-13H,8-9,11H2,1-3H3. The van der Waals surface area contributed by atoms with Gasteiger partial charge in [0.2, 0.25) is 0 Å². The van der Waals surface area contributed by atoms with Crippen molar-refractivity contribution >= 4 is 33.6 Å². The molecule has 0 amide bonds. The Labute approximate surface area is 162 Å². The second-order valence-corrected chi connectivity index (χ2v) is 9.38. The highest BCUT2D eigenvalue weighted by Crippen LogP contribution is 2.40. The van der Waals surface area contributed by atoms with E-state index >= 15 is 0 Å². The van der Waals surface area contributed by atoms with Crippen molar-refractivity contribution in [2.45, 2.75) is 26.8 Å². The number of likely N-dealkylation sites (N-methyl/N-ethyl adjacent to an activating group) is 1. The van der Waals surface area contributed by atoms with E-state index in [4.69, 9.17) is 0 Å². The first-order valence-electron chi connectivity index (χ1n) is 9.06. The second-order valence-electron chi connectivity index (χ2n) is 7.35. The van der Waals surface area contributed by atoms with Crippen molar-refractivity contribution in [1.29, 1.82) is 0 Å². The van der Waals surface area contributed by atoms with Crippen LogP contribution in [0.2, 0.25) is 0 Å². The normalized spacial score (nSPS) is 14.9. The Morgan fingerprint density at radius 3 is 2.73 bits per heavy atom. The Morgan fingerprint density at radius 1 is 1.04 bits per heavy atom. The van der Waals surface area contributed by atoms with Crippen LogP contribution in [-0.2, 0) is 13.0 Å². The van der Waals surface area contributed by atoms with Gasteiger partial charge in [-0.15, -0.1) is 22.7 Å². The molecule has 1 aromatic carbocycles. The number of nitrogens with zero attached hydrogens (tertiary/aromatic N) is 2. The molecule has 0 N–H and O–H groups in total. The van der Waals surface area contributed by atoms with E-state index in [2.05, 4.69) is 71.5 Å². The van der Waals surface area contributed by atoms with Crippen molar-refractivity contribution in [1.82, 2.24) is 9.47 Å². The molecule has 26 heavy (non-hydrogen) atoms. The lowest BCUT2D eigenvalue weighted by atomic mass is 10.0. The smallest absolute Gasteiger partial charge is 0.0652 e. The zero-order valence-electron chi connectivity index (χ0n) is 15.4. The molecule has 2 nitrogen and oxygen atoms in total. The largest absolute Gasteiger partial charge is 0.312 e. The summed E-state index contributed by atoms with van der Waals surface area (Å²) in [7, 11) is 2.23. The lowest BCUT2D eigenvalue weighted by Crippen LogP contribution is -2.27. The third-order valence-electron chi connectivity index (χ3n) is 5.38. The van der Waals surface area contributed by atoms with E-state index in [1.54, 1.807) is 11.3 Å². The van der Waals surface area contributed by atoms with E-state index < -0.39 is 0 Å². The van der Waals surface area contributed by atoms with Crippen molar-refractivity contribution in [2.24, 2.45) is 0 Å². The van der Waals surface area contributed by atoms with Crippen molar-refractivity contribution in [3.8, 4) is 16.1 Å². The Bertz CT molecular complexity index is 1110. The molecule has 3 aromatic heterocycles. The van der Waals surface area contributed by atoms with Crippen LogP contribution in [0.4, 0.5) is 0 Å². The monoisotopic (exact) mass is 378 g/mol. The van der Waals surface area contributed by atoms with E-state index in [1.807, 2.05) is 11.3 Å². The topological polar surface area (TPSA) is 8.17 Å². The number of aryl methyl sites for hydroxylation is 2. The lowest BCUT2D eigenvalue weighted by Gasteiger charge is -2.24. The van der Waals surface area contributed by atoms with Crippen LogP contribution in [-0.4, -0.2) is 23.1 Å². The third-order valence-corrected chi connectivity index (χ3v) is 7.15. The molecule has 0 unspecified atom stereocenters. The average molecular weight is 379 g/mol. The maximum absolute atomic E-state index is 2.54. The van der Waals surface area contributed by atoms with E-state index in [1.165, 1.54) is 48.7 Å². The molecule has 0 spiro atoms. The number of thiophene rings is 2. The summed E-state index contributed by atoms with van der Waals surface area (Å²) in [5.74, 6) is 0. The first-order valence-corrected chi connectivity index (χ1v) is 10.8. The molecular formula is C22H22N2S2. The summed E-state index contributed by atoms with van der Waals surface area (Å²) < 4.78 is 2.54. The summed E-state index contributed by atoms with van der Waals surface area (Å²) in [6.07, 6.45) is 1.11. The van der Waals surface area contributed by atoms with Gasteiger partial charge in [-0.1, -0.05) is 11.6 Å². The highest BCUT2D eigenvalue weighted by atomic mass is 32.1. The summed E-state index contributed by atoms with van der Waals surface area (Å²) in [5, 5.41) is 6.05. The summed E-state index contributed by atoms with van der Waals surface area (Å²) in [5.41, 5.74) is 8.41. The van der Waals surface area contributed by atoms with Crippen molar-refractivity contribution < 1.29 is 0 Å². The van der Waals surface area contributed by atoms with E-state index in [9.17, 15) is 0 Å². The number of hydrogen-bond donors (Lipinski definition) is 0. The number of benzene rings is 1. The van der Waals surface area contributed by atoms with E-state index in [-0.39, 0.29) is 0 Å². The summed E-state index contributed by atoms with van der Waals surface area (Å²) in [4.78, 5) is 5.18. The Hall–Kier alpha value is -1.88. The van der Waals surface area contributed by atoms with Crippen LogP contribution in [0, 0.1) is 13.8 Å². The second kappa shape index (κ2) is 6.08. The van der Waals surface area contributed by atoms with Gasteiger partial charge in [0.05, 0.1) is 11.2 Å². The third kappa shape index (κ3) is 2.48. The average Bonchev–Trinajstić information content (AvgIpc) is 3.31. The fraction of sp³-hybridized carbons (Fsp3) is 0.273. The Kier molecular flexibility index (Phi) is 3.82. The number of rotatable bonds is 2. The maximum atomic E-state index is 2.54. The number of aromatic nitrogens is 1. The van der Waals surface area contributed by atoms with Crippen LogP contribution in [0.25, 0.3) is 27.0 Å². The van der Waals surface area contributed by atoms with Crippen LogP contribution in [0.3, 0.4) is 0 Å². The van der Waals surface area contributed by atoms with E-state index in [0.29, 0.717) is 0 Å². The zero-order chi connectivity index (χ0) is 17.8. The molecule has 4 aromatic rings. The zero-order valence-corrected chi connectivity index (χ0v) is 17.0. The fourth-order valence-electron chi connectivity index (χ4n) is 4.11. The fourth-order valence-corrected chi connectivity index (χ4v) is 5.89. The number of hydrogen-bond acceptors (Lipinski definition) is 3. The van der Waals surface area contributed by atoms with E-state index in [0.717, 1.165) is 19.5 Å². The summed E-state index contributed by atoms with van der Waals surface area (Å²) in [6.45, 7) is 6.55.